The van der Waals surface area contributed by atoms with E-state index in [9.17, 15) is 9.59 Å². The third kappa shape index (κ3) is 7.04. The fraction of sp³-hybridized carbons (Fsp3) is 0.667. The lowest BCUT2D eigenvalue weighted by Crippen LogP contribution is -2.40. The number of amides is 1. The molecule has 0 saturated carbocycles. The molecule has 0 saturated heterocycles. The lowest BCUT2D eigenvalue weighted by molar-refractivity contribution is -0.141. The van der Waals surface area contributed by atoms with Crippen LogP contribution in [0.15, 0.2) is 12.2 Å². The van der Waals surface area contributed by atoms with Gasteiger partial charge in [0.2, 0.25) is 5.91 Å². The summed E-state index contributed by atoms with van der Waals surface area (Å²) in [6.07, 6.45) is 5.01. The Morgan fingerprint density at radius 2 is 2.00 bits per heavy atom. The van der Waals surface area contributed by atoms with Gasteiger partial charge < -0.3 is 10.4 Å². The normalized spacial score (nSPS) is 13.0. The van der Waals surface area contributed by atoms with Crippen molar-refractivity contribution >= 4 is 11.9 Å². The van der Waals surface area contributed by atoms with Gasteiger partial charge in [0, 0.05) is 6.42 Å². The number of carbonyl (C=O) groups excluding carboxylic acids is 1. The van der Waals surface area contributed by atoms with Gasteiger partial charge in [-0.3, -0.25) is 4.79 Å². The molecule has 1 atom stereocenters. The Bertz CT molecular complexity index is 259. The minimum Gasteiger partial charge on any atom is -0.480 e. The van der Waals surface area contributed by atoms with Crippen molar-refractivity contribution in [3.8, 4) is 0 Å². The van der Waals surface area contributed by atoms with E-state index < -0.39 is 12.0 Å². The van der Waals surface area contributed by atoms with Gasteiger partial charge >= 0.3 is 5.97 Å². The number of carboxylic acid groups (broad SMARTS) is 1. The summed E-state index contributed by atoms with van der Waals surface area (Å²) in [6.45, 7) is 5.88. The first kappa shape index (κ1) is 14.7. The second-order valence-electron chi connectivity index (χ2n) is 4.20. The number of carbonyl (C=O) groups is 2. The Morgan fingerprint density at radius 3 is 2.44 bits per heavy atom. The molecular weight excluding hydrogens is 206 g/mol. The van der Waals surface area contributed by atoms with Crippen molar-refractivity contribution < 1.29 is 14.7 Å². The number of hydrogen-bond acceptors (Lipinski definition) is 2. The molecule has 1 unspecified atom stereocenters. The molecular formula is C12H21NO3. The molecule has 16 heavy (non-hydrogen) atoms. The van der Waals surface area contributed by atoms with Gasteiger partial charge in [0.1, 0.15) is 6.04 Å². The fourth-order valence-corrected chi connectivity index (χ4v) is 1.18. The van der Waals surface area contributed by atoms with Crippen LogP contribution in [0.5, 0.6) is 0 Å². The van der Waals surface area contributed by atoms with Crippen LogP contribution in [0.25, 0.3) is 0 Å². The lowest BCUT2D eigenvalue weighted by atomic mass is 10.1. The van der Waals surface area contributed by atoms with Crippen LogP contribution in [0.4, 0.5) is 0 Å². The average molecular weight is 227 g/mol. The summed E-state index contributed by atoms with van der Waals surface area (Å²) in [5, 5.41) is 11.4. The highest BCUT2D eigenvalue weighted by atomic mass is 16.4. The SMILES string of the molecule is C/C=C/CC(NC(=O)CCC(C)C)C(=O)O. The van der Waals surface area contributed by atoms with Crippen LogP contribution >= 0.6 is 0 Å². The van der Waals surface area contributed by atoms with E-state index in [0.29, 0.717) is 18.8 Å². The summed E-state index contributed by atoms with van der Waals surface area (Å²) in [5.74, 6) is -0.730. The predicted molar refractivity (Wildman–Crippen MR) is 63.1 cm³/mol. The smallest absolute Gasteiger partial charge is 0.326 e. The highest BCUT2D eigenvalue weighted by Gasteiger charge is 2.17. The molecule has 0 heterocycles. The summed E-state index contributed by atoms with van der Waals surface area (Å²) < 4.78 is 0. The highest BCUT2D eigenvalue weighted by molar-refractivity contribution is 5.83. The average Bonchev–Trinajstić information content (AvgIpc) is 2.20. The first-order chi connectivity index (χ1) is 7.47. The van der Waals surface area contributed by atoms with Crippen molar-refractivity contribution in [2.75, 3.05) is 0 Å². The molecule has 92 valence electrons. The molecule has 0 aromatic heterocycles. The summed E-state index contributed by atoms with van der Waals surface area (Å²) in [6, 6.07) is -0.809. The van der Waals surface area contributed by atoms with Crippen molar-refractivity contribution in [2.45, 2.75) is 46.1 Å². The van der Waals surface area contributed by atoms with E-state index >= 15 is 0 Å². The van der Waals surface area contributed by atoms with Crippen molar-refractivity contribution in [3.63, 3.8) is 0 Å². The molecule has 2 N–H and O–H groups in total. The molecule has 1 amide bonds. The van der Waals surface area contributed by atoms with Crippen LogP contribution in [0, 0.1) is 5.92 Å². The van der Waals surface area contributed by atoms with Gasteiger partial charge in [-0.2, -0.15) is 0 Å². The molecule has 0 bridgehead atoms. The molecule has 0 fully saturated rings. The van der Waals surface area contributed by atoms with Crippen LogP contribution in [0.3, 0.4) is 0 Å². The zero-order chi connectivity index (χ0) is 12.6. The Morgan fingerprint density at radius 1 is 1.38 bits per heavy atom. The van der Waals surface area contributed by atoms with E-state index in [1.807, 2.05) is 20.8 Å². The van der Waals surface area contributed by atoms with E-state index in [1.165, 1.54) is 0 Å². The van der Waals surface area contributed by atoms with E-state index in [1.54, 1.807) is 12.2 Å². The maximum atomic E-state index is 11.4. The van der Waals surface area contributed by atoms with Crippen LogP contribution in [-0.4, -0.2) is 23.0 Å². The number of allylic oxidation sites excluding steroid dienone is 1. The van der Waals surface area contributed by atoms with Crippen molar-refractivity contribution in [1.82, 2.24) is 5.32 Å². The first-order valence-corrected chi connectivity index (χ1v) is 5.60. The number of carboxylic acids is 1. The monoisotopic (exact) mass is 227 g/mol. The van der Waals surface area contributed by atoms with Crippen LogP contribution in [-0.2, 0) is 9.59 Å². The topological polar surface area (TPSA) is 66.4 Å². The fourth-order valence-electron chi connectivity index (χ4n) is 1.18. The highest BCUT2D eigenvalue weighted by Crippen LogP contribution is 2.04. The lowest BCUT2D eigenvalue weighted by Gasteiger charge is -2.13. The van der Waals surface area contributed by atoms with E-state index in [0.717, 1.165) is 6.42 Å². The molecule has 0 aliphatic carbocycles. The molecule has 0 aliphatic heterocycles. The molecule has 0 aromatic rings. The third-order valence-electron chi connectivity index (χ3n) is 2.19. The molecule has 0 radical (unpaired) electrons. The van der Waals surface area contributed by atoms with Gasteiger partial charge in [-0.15, -0.1) is 0 Å². The number of rotatable bonds is 7. The number of aliphatic carboxylic acids is 1. The van der Waals surface area contributed by atoms with E-state index in [-0.39, 0.29) is 5.91 Å². The van der Waals surface area contributed by atoms with Crippen LogP contribution in [0.2, 0.25) is 0 Å². The molecule has 0 aromatic carbocycles. The maximum Gasteiger partial charge on any atom is 0.326 e. The second kappa shape index (κ2) is 7.91. The van der Waals surface area contributed by atoms with Gasteiger partial charge in [-0.25, -0.2) is 4.79 Å². The minimum atomic E-state index is -0.990. The van der Waals surface area contributed by atoms with Gasteiger partial charge in [-0.05, 0) is 25.7 Å². The zero-order valence-corrected chi connectivity index (χ0v) is 10.2. The van der Waals surface area contributed by atoms with Crippen molar-refractivity contribution in [2.24, 2.45) is 5.92 Å². The number of hydrogen-bond donors (Lipinski definition) is 2. The quantitative estimate of drug-likeness (QED) is 0.653. The van der Waals surface area contributed by atoms with E-state index in [2.05, 4.69) is 5.32 Å². The predicted octanol–water partition coefficient (Wildman–Crippen LogP) is 1.96. The summed E-state index contributed by atoms with van der Waals surface area (Å²) in [5.41, 5.74) is 0. The Kier molecular flexibility index (Phi) is 7.25. The Labute approximate surface area is 96.7 Å². The molecule has 0 aliphatic rings. The molecule has 0 spiro atoms. The summed E-state index contributed by atoms with van der Waals surface area (Å²) in [4.78, 5) is 22.3. The summed E-state index contributed by atoms with van der Waals surface area (Å²) in [7, 11) is 0. The molecule has 4 heteroatoms. The first-order valence-electron chi connectivity index (χ1n) is 5.60. The number of nitrogens with one attached hydrogen (secondary N) is 1. The van der Waals surface area contributed by atoms with E-state index in [4.69, 9.17) is 5.11 Å². The van der Waals surface area contributed by atoms with Gasteiger partial charge in [0.25, 0.3) is 0 Å². The van der Waals surface area contributed by atoms with Crippen molar-refractivity contribution in [1.29, 1.82) is 0 Å². The van der Waals surface area contributed by atoms with Gasteiger partial charge in [0.05, 0.1) is 0 Å². The van der Waals surface area contributed by atoms with Crippen LogP contribution in [0.1, 0.15) is 40.0 Å². The zero-order valence-electron chi connectivity index (χ0n) is 10.2. The third-order valence-corrected chi connectivity index (χ3v) is 2.19. The Hall–Kier alpha value is -1.32. The minimum absolute atomic E-state index is 0.189. The van der Waals surface area contributed by atoms with Crippen LogP contribution < -0.4 is 5.32 Å². The second-order valence-corrected chi connectivity index (χ2v) is 4.20. The van der Waals surface area contributed by atoms with Gasteiger partial charge in [-0.1, -0.05) is 26.0 Å². The molecule has 0 rings (SSSR count). The largest absolute Gasteiger partial charge is 0.480 e. The molecule has 4 nitrogen and oxygen atoms in total. The van der Waals surface area contributed by atoms with Gasteiger partial charge in [0.15, 0.2) is 0 Å². The maximum absolute atomic E-state index is 11.4. The summed E-state index contributed by atoms with van der Waals surface area (Å²) >= 11 is 0. The Balaban J connectivity index is 4.08. The standard InChI is InChI=1S/C12H21NO3/c1-4-5-6-10(12(15)16)13-11(14)8-7-9(2)3/h4-5,9-10H,6-8H2,1-3H3,(H,13,14)(H,15,16)/b5-4+. The van der Waals surface area contributed by atoms with Crippen molar-refractivity contribution in [3.05, 3.63) is 12.2 Å².